The van der Waals surface area contributed by atoms with E-state index in [1.165, 1.54) is 0 Å². The maximum Gasteiger partial charge on any atom is 0.320 e. The maximum absolute atomic E-state index is 12.1. The van der Waals surface area contributed by atoms with Gasteiger partial charge in [-0.1, -0.05) is 31.0 Å². The van der Waals surface area contributed by atoms with Crippen LogP contribution in [-0.4, -0.2) is 29.1 Å². The number of hydrogen-bond acceptors (Lipinski definition) is 3. The number of carboxylic acid groups (broad SMARTS) is 1. The van der Waals surface area contributed by atoms with Gasteiger partial charge >= 0.3 is 5.97 Å². The number of nitrogens with one attached hydrogen (secondary N) is 2. The Bertz CT molecular complexity index is 514. The first-order valence-electron chi connectivity index (χ1n) is 7.22. The second kappa shape index (κ2) is 7.78. The van der Waals surface area contributed by atoms with Crippen LogP contribution in [0.25, 0.3) is 0 Å². The van der Waals surface area contributed by atoms with Crippen LogP contribution < -0.4 is 10.6 Å². The van der Waals surface area contributed by atoms with Crippen LogP contribution in [0.3, 0.4) is 0 Å². The summed E-state index contributed by atoms with van der Waals surface area (Å²) in [6.07, 6.45) is 1.24. The van der Waals surface area contributed by atoms with Gasteiger partial charge in [-0.15, -0.1) is 0 Å². The molecule has 1 aromatic rings. The summed E-state index contributed by atoms with van der Waals surface area (Å²) in [5.74, 6) is -1.16. The molecule has 0 aliphatic carbocycles. The fourth-order valence-electron chi connectivity index (χ4n) is 2.14. The Morgan fingerprint density at radius 1 is 1.29 bits per heavy atom. The Balaban J connectivity index is 2.67. The predicted molar refractivity (Wildman–Crippen MR) is 83.5 cm³/mol. The number of hydrogen-bond donors (Lipinski definition) is 3. The highest BCUT2D eigenvalue weighted by Crippen LogP contribution is 2.16. The molecule has 2 unspecified atom stereocenters. The van der Waals surface area contributed by atoms with Gasteiger partial charge in [0.15, 0.2) is 0 Å². The zero-order valence-electron chi connectivity index (χ0n) is 13.1. The van der Waals surface area contributed by atoms with E-state index in [-0.39, 0.29) is 5.91 Å². The van der Waals surface area contributed by atoms with Gasteiger partial charge in [0.2, 0.25) is 5.91 Å². The Morgan fingerprint density at radius 3 is 2.48 bits per heavy atom. The molecule has 0 saturated carbocycles. The number of anilines is 1. The van der Waals surface area contributed by atoms with Crippen molar-refractivity contribution in [2.75, 3.05) is 5.32 Å². The zero-order valence-corrected chi connectivity index (χ0v) is 13.1. The van der Waals surface area contributed by atoms with E-state index in [4.69, 9.17) is 5.11 Å². The predicted octanol–water partition coefficient (Wildman–Crippen LogP) is 2.47. The number of carboxylic acids is 1. The van der Waals surface area contributed by atoms with Gasteiger partial charge in [0.25, 0.3) is 0 Å². The minimum absolute atomic E-state index is 0.232. The highest BCUT2D eigenvalue weighted by molar-refractivity contribution is 5.95. The second-order valence-electron chi connectivity index (χ2n) is 5.38. The fourth-order valence-corrected chi connectivity index (χ4v) is 2.14. The molecule has 0 aliphatic heterocycles. The molecule has 5 heteroatoms. The summed E-state index contributed by atoms with van der Waals surface area (Å²) in [4.78, 5) is 23.2. The Hall–Kier alpha value is -1.88. The van der Waals surface area contributed by atoms with E-state index in [1.807, 2.05) is 39.0 Å². The first-order valence-corrected chi connectivity index (χ1v) is 7.22. The van der Waals surface area contributed by atoms with E-state index in [9.17, 15) is 9.59 Å². The topological polar surface area (TPSA) is 78.4 Å². The number of benzene rings is 1. The summed E-state index contributed by atoms with van der Waals surface area (Å²) >= 11 is 0. The van der Waals surface area contributed by atoms with E-state index < -0.39 is 18.1 Å². The largest absolute Gasteiger partial charge is 0.480 e. The molecule has 0 saturated heterocycles. The molecule has 0 spiro atoms. The van der Waals surface area contributed by atoms with E-state index in [0.29, 0.717) is 6.42 Å². The van der Waals surface area contributed by atoms with Gasteiger partial charge in [-0.3, -0.25) is 14.9 Å². The van der Waals surface area contributed by atoms with Gasteiger partial charge in [-0.25, -0.2) is 0 Å². The molecular weight excluding hydrogens is 268 g/mol. The minimum Gasteiger partial charge on any atom is -0.480 e. The molecule has 1 rings (SSSR count). The summed E-state index contributed by atoms with van der Waals surface area (Å²) in [6.45, 7) is 7.51. The van der Waals surface area contributed by atoms with Gasteiger partial charge in [-0.05, 0) is 38.8 Å². The lowest BCUT2D eigenvalue weighted by atomic mass is 10.1. The van der Waals surface area contributed by atoms with Crippen molar-refractivity contribution in [3.63, 3.8) is 0 Å². The number of carbonyl (C=O) groups is 2. The van der Waals surface area contributed by atoms with Crippen molar-refractivity contribution in [3.05, 3.63) is 29.3 Å². The first kappa shape index (κ1) is 17.2. The second-order valence-corrected chi connectivity index (χ2v) is 5.38. The molecule has 5 nitrogen and oxygen atoms in total. The van der Waals surface area contributed by atoms with Gasteiger partial charge in [-0.2, -0.15) is 0 Å². The lowest BCUT2D eigenvalue weighted by Crippen LogP contribution is -2.47. The molecule has 0 fully saturated rings. The average Bonchev–Trinajstić information content (AvgIpc) is 2.41. The van der Waals surface area contributed by atoms with Crippen molar-refractivity contribution >= 4 is 17.6 Å². The van der Waals surface area contributed by atoms with Crippen molar-refractivity contribution in [1.82, 2.24) is 5.32 Å². The monoisotopic (exact) mass is 292 g/mol. The molecule has 116 valence electrons. The van der Waals surface area contributed by atoms with Crippen LogP contribution in [0, 0.1) is 13.8 Å². The van der Waals surface area contributed by atoms with Crippen LogP contribution >= 0.6 is 0 Å². The fraction of sp³-hybridized carbons (Fsp3) is 0.500. The zero-order chi connectivity index (χ0) is 16.0. The summed E-state index contributed by atoms with van der Waals surface area (Å²) in [6, 6.07) is 4.51. The van der Waals surface area contributed by atoms with Crippen LogP contribution in [0.15, 0.2) is 18.2 Å². The van der Waals surface area contributed by atoms with E-state index >= 15 is 0 Å². The third-order valence-electron chi connectivity index (χ3n) is 3.36. The van der Waals surface area contributed by atoms with Gasteiger partial charge in [0, 0.05) is 5.69 Å². The quantitative estimate of drug-likeness (QED) is 0.721. The van der Waals surface area contributed by atoms with E-state index in [1.54, 1.807) is 6.92 Å². The number of carbonyl (C=O) groups excluding carboxylic acids is 1. The van der Waals surface area contributed by atoms with Crippen LogP contribution in [0.1, 0.15) is 37.8 Å². The number of rotatable bonds is 7. The normalized spacial score (nSPS) is 13.5. The van der Waals surface area contributed by atoms with Gasteiger partial charge in [0.1, 0.15) is 6.04 Å². The van der Waals surface area contributed by atoms with Crippen molar-refractivity contribution in [2.45, 2.75) is 52.6 Å². The van der Waals surface area contributed by atoms with Gasteiger partial charge in [0.05, 0.1) is 6.04 Å². The third-order valence-corrected chi connectivity index (χ3v) is 3.36. The summed E-state index contributed by atoms with van der Waals surface area (Å²) in [7, 11) is 0. The summed E-state index contributed by atoms with van der Waals surface area (Å²) in [5, 5.41) is 14.8. The smallest absolute Gasteiger partial charge is 0.320 e. The van der Waals surface area contributed by atoms with E-state index in [0.717, 1.165) is 23.2 Å². The molecule has 0 aromatic heterocycles. The SMILES string of the molecule is CCCC(NC(C)C(=O)Nc1ccc(C)cc1C)C(=O)O. The van der Waals surface area contributed by atoms with E-state index in [2.05, 4.69) is 10.6 Å². The van der Waals surface area contributed by atoms with Crippen LogP contribution in [0.5, 0.6) is 0 Å². The van der Waals surface area contributed by atoms with Crippen molar-refractivity contribution in [2.24, 2.45) is 0 Å². The molecule has 0 aliphatic rings. The summed E-state index contributed by atoms with van der Waals surface area (Å²) < 4.78 is 0. The maximum atomic E-state index is 12.1. The van der Waals surface area contributed by atoms with Crippen molar-refractivity contribution in [1.29, 1.82) is 0 Å². The Kier molecular flexibility index (Phi) is 6.37. The minimum atomic E-state index is -0.928. The van der Waals surface area contributed by atoms with Gasteiger partial charge < -0.3 is 10.4 Å². The molecule has 0 heterocycles. The molecule has 2 atom stereocenters. The molecule has 0 bridgehead atoms. The Labute approximate surface area is 125 Å². The van der Waals surface area contributed by atoms with Crippen LogP contribution in [0.2, 0.25) is 0 Å². The molecule has 1 amide bonds. The van der Waals surface area contributed by atoms with Crippen LogP contribution in [0.4, 0.5) is 5.69 Å². The highest BCUT2D eigenvalue weighted by atomic mass is 16.4. The molecule has 3 N–H and O–H groups in total. The van der Waals surface area contributed by atoms with Crippen molar-refractivity contribution < 1.29 is 14.7 Å². The third kappa shape index (κ3) is 5.19. The summed E-state index contributed by atoms with van der Waals surface area (Å²) in [5.41, 5.74) is 2.87. The standard InChI is InChI=1S/C16H24N2O3/c1-5-6-14(16(20)21)17-12(4)15(19)18-13-8-7-10(2)9-11(13)3/h7-9,12,14,17H,5-6H2,1-4H3,(H,18,19)(H,20,21). The average molecular weight is 292 g/mol. The highest BCUT2D eigenvalue weighted by Gasteiger charge is 2.22. The molecule has 21 heavy (non-hydrogen) atoms. The van der Waals surface area contributed by atoms with Crippen LogP contribution in [-0.2, 0) is 9.59 Å². The van der Waals surface area contributed by atoms with Crippen molar-refractivity contribution in [3.8, 4) is 0 Å². The molecule has 1 aromatic carbocycles. The molecule has 0 radical (unpaired) electrons. The first-order chi connectivity index (χ1) is 9.85. The number of aryl methyl sites for hydroxylation is 2. The number of aliphatic carboxylic acids is 1. The Morgan fingerprint density at radius 2 is 1.95 bits per heavy atom. The molecular formula is C16H24N2O3. The lowest BCUT2D eigenvalue weighted by molar-refractivity contribution is -0.140. The number of amides is 1. The lowest BCUT2D eigenvalue weighted by Gasteiger charge is -2.20.